The fourth-order valence-electron chi connectivity index (χ4n) is 1.47. The quantitative estimate of drug-likeness (QED) is 0.641. The minimum atomic E-state index is -4.09. The topological polar surface area (TPSA) is 3.24 Å². The molecule has 1 nitrogen and oxygen atoms in total. The van der Waals surface area contributed by atoms with Gasteiger partial charge in [-0.1, -0.05) is 22.9 Å². The van der Waals surface area contributed by atoms with Crippen molar-refractivity contribution in [1.29, 1.82) is 0 Å². The van der Waals surface area contributed by atoms with Crippen LogP contribution in [0.3, 0.4) is 0 Å². The van der Waals surface area contributed by atoms with Gasteiger partial charge in [0.25, 0.3) is 0 Å². The van der Waals surface area contributed by atoms with E-state index in [0.717, 1.165) is 18.2 Å². The van der Waals surface area contributed by atoms with Crippen molar-refractivity contribution in [3.05, 3.63) is 0 Å². The van der Waals surface area contributed by atoms with Gasteiger partial charge >= 0.3 is 6.18 Å². The van der Waals surface area contributed by atoms with Crippen LogP contribution in [0.5, 0.6) is 0 Å². The van der Waals surface area contributed by atoms with Gasteiger partial charge in [0.1, 0.15) is 0 Å². The van der Waals surface area contributed by atoms with E-state index in [1.165, 1.54) is 4.90 Å². The summed E-state index contributed by atoms with van der Waals surface area (Å²) in [6.45, 7) is 5.41. The monoisotopic (exact) mass is 303 g/mol. The van der Waals surface area contributed by atoms with Gasteiger partial charge in [0.15, 0.2) is 0 Å². The van der Waals surface area contributed by atoms with Crippen molar-refractivity contribution in [2.24, 2.45) is 5.92 Å². The Bertz CT molecular complexity index is 183. The Hall–Kier alpha value is 0.230. The molecule has 0 heterocycles. The molecule has 0 rings (SSSR count). The minimum Gasteiger partial charge on any atom is -0.293 e. The van der Waals surface area contributed by atoms with Crippen LogP contribution in [0.1, 0.15) is 33.6 Å². The Morgan fingerprint density at radius 2 is 1.69 bits per heavy atom. The third-order valence-electron chi connectivity index (χ3n) is 2.62. The fourth-order valence-corrected chi connectivity index (χ4v) is 2.25. The van der Waals surface area contributed by atoms with Crippen LogP contribution in [-0.4, -0.2) is 35.5 Å². The number of halogens is 4. The molecule has 0 saturated carbocycles. The molecule has 0 aliphatic carbocycles. The molecule has 16 heavy (non-hydrogen) atoms. The average molecular weight is 304 g/mol. The van der Waals surface area contributed by atoms with Crippen molar-refractivity contribution in [2.75, 3.05) is 18.4 Å². The van der Waals surface area contributed by atoms with E-state index in [0.29, 0.717) is 12.5 Å². The van der Waals surface area contributed by atoms with Crippen molar-refractivity contribution in [2.45, 2.75) is 45.8 Å². The molecule has 0 aliphatic rings. The van der Waals surface area contributed by atoms with Gasteiger partial charge in [0.05, 0.1) is 6.54 Å². The van der Waals surface area contributed by atoms with E-state index in [1.54, 1.807) is 13.8 Å². The highest BCUT2D eigenvalue weighted by atomic mass is 79.9. The lowest BCUT2D eigenvalue weighted by atomic mass is 10.0. The van der Waals surface area contributed by atoms with Gasteiger partial charge in [-0.05, 0) is 39.2 Å². The molecule has 1 unspecified atom stereocenters. The smallest absolute Gasteiger partial charge is 0.293 e. The molecule has 0 radical (unpaired) electrons. The predicted octanol–water partition coefficient (Wildman–Crippen LogP) is 4.07. The van der Waals surface area contributed by atoms with Crippen LogP contribution in [0.15, 0.2) is 0 Å². The van der Waals surface area contributed by atoms with Gasteiger partial charge in [0, 0.05) is 11.4 Å². The number of rotatable bonds is 7. The molecule has 0 spiro atoms. The first-order valence-corrected chi connectivity index (χ1v) is 6.75. The van der Waals surface area contributed by atoms with Crippen molar-refractivity contribution in [1.82, 2.24) is 4.90 Å². The van der Waals surface area contributed by atoms with Gasteiger partial charge < -0.3 is 0 Å². The number of alkyl halides is 4. The SMILES string of the molecule is CC(CCBr)CCN(CC(F)(F)F)C(C)C. The highest BCUT2D eigenvalue weighted by Gasteiger charge is 2.31. The molecule has 5 heteroatoms. The molecule has 98 valence electrons. The predicted molar refractivity (Wildman–Crippen MR) is 65.0 cm³/mol. The van der Waals surface area contributed by atoms with Crippen LogP contribution < -0.4 is 0 Å². The maximum Gasteiger partial charge on any atom is 0.401 e. The second-order valence-corrected chi connectivity index (χ2v) is 5.34. The van der Waals surface area contributed by atoms with E-state index in [1.807, 2.05) is 0 Å². The largest absolute Gasteiger partial charge is 0.401 e. The van der Waals surface area contributed by atoms with Crippen LogP contribution in [0, 0.1) is 5.92 Å². The van der Waals surface area contributed by atoms with E-state index in [9.17, 15) is 13.2 Å². The van der Waals surface area contributed by atoms with E-state index in [4.69, 9.17) is 0 Å². The van der Waals surface area contributed by atoms with Gasteiger partial charge in [-0.3, -0.25) is 4.90 Å². The minimum absolute atomic E-state index is 0.0576. The zero-order valence-corrected chi connectivity index (χ0v) is 11.7. The first-order chi connectivity index (χ1) is 7.26. The van der Waals surface area contributed by atoms with Crippen LogP contribution in [-0.2, 0) is 0 Å². The zero-order valence-electron chi connectivity index (χ0n) is 10.1. The van der Waals surface area contributed by atoms with Crippen LogP contribution in [0.4, 0.5) is 13.2 Å². The first-order valence-electron chi connectivity index (χ1n) is 5.63. The molecular formula is C11H21BrF3N. The molecule has 0 fully saturated rings. The Morgan fingerprint density at radius 3 is 2.06 bits per heavy atom. The highest BCUT2D eigenvalue weighted by molar-refractivity contribution is 9.09. The lowest BCUT2D eigenvalue weighted by Gasteiger charge is -2.28. The second-order valence-electron chi connectivity index (χ2n) is 4.55. The van der Waals surface area contributed by atoms with Gasteiger partial charge in [0.2, 0.25) is 0 Å². The van der Waals surface area contributed by atoms with E-state index >= 15 is 0 Å². The standard InChI is InChI=1S/C11H21BrF3N/c1-9(2)16(8-11(13,14)15)7-5-10(3)4-6-12/h9-10H,4-8H2,1-3H3. The van der Waals surface area contributed by atoms with E-state index < -0.39 is 12.7 Å². The van der Waals surface area contributed by atoms with Gasteiger partial charge in [-0.2, -0.15) is 13.2 Å². The number of nitrogens with zero attached hydrogens (tertiary/aromatic N) is 1. The summed E-state index contributed by atoms with van der Waals surface area (Å²) < 4.78 is 36.9. The molecule has 0 aromatic heterocycles. The summed E-state index contributed by atoms with van der Waals surface area (Å²) in [4.78, 5) is 1.49. The molecule has 0 saturated heterocycles. The van der Waals surface area contributed by atoms with Crippen molar-refractivity contribution in [3.8, 4) is 0 Å². The maximum atomic E-state index is 12.3. The summed E-state index contributed by atoms with van der Waals surface area (Å²) in [6, 6.07) is -0.0576. The normalized spacial score (nSPS) is 14.8. The molecule has 0 aromatic carbocycles. The Kier molecular flexibility index (Phi) is 7.64. The Morgan fingerprint density at radius 1 is 1.12 bits per heavy atom. The molecular weight excluding hydrogens is 283 g/mol. The molecule has 0 bridgehead atoms. The Balaban J connectivity index is 4.04. The number of hydrogen-bond acceptors (Lipinski definition) is 1. The van der Waals surface area contributed by atoms with Crippen LogP contribution in [0.25, 0.3) is 0 Å². The number of hydrogen-bond donors (Lipinski definition) is 0. The molecule has 0 aromatic rings. The summed E-state index contributed by atoms with van der Waals surface area (Å²) in [7, 11) is 0. The van der Waals surface area contributed by atoms with Crippen LogP contribution >= 0.6 is 15.9 Å². The van der Waals surface area contributed by atoms with Gasteiger partial charge in [-0.25, -0.2) is 0 Å². The van der Waals surface area contributed by atoms with E-state index in [-0.39, 0.29) is 6.04 Å². The average Bonchev–Trinajstić information content (AvgIpc) is 2.10. The zero-order chi connectivity index (χ0) is 12.8. The fraction of sp³-hybridized carbons (Fsp3) is 1.00. The van der Waals surface area contributed by atoms with Gasteiger partial charge in [-0.15, -0.1) is 0 Å². The van der Waals surface area contributed by atoms with Crippen molar-refractivity contribution in [3.63, 3.8) is 0 Å². The summed E-state index contributed by atoms with van der Waals surface area (Å²) in [5, 5.41) is 0.912. The van der Waals surface area contributed by atoms with E-state index in [2.05, 4.69) is 22.9 Å². The summed E-state index contributed by atoms with van der Waals surface area (Å²) >= 11 is 3.34. The summed E-state index contributed by atoms with van der Waals surface area (Å²) in [5.74, 6) is 0.467. The molecule has 0 N–H and O–H groups in total. The second kappa shape index (κ2) is 7.54. The maximum absolute atomic E-state index is 12.3. The molecule has 0 amide bonds. The Labute approximate surface area is 105 Å². The molecule has 0 aliphatic heterocycles. The van der Waals surface area contributed by atoms with Crippen molar-refractivity contribution < 1.29 is 13.2 Å². The first kappa shape index (κ1) is 16.2. The summed E-state index contributed by atoms with van der Waals surface area (Å²) in [5.41, 5.74) is 0. The highest BCUT2D eigenvalue weighted by Crippen LogP contribution is 2.19. The third kappa shape index (κ3) is 8.39. The van der Waals surface area contributed by atoms with Crippen LogP contribution in [0.2, 0.25) is 0 Å². The summed E-state index contributed by atoms with van der Waals surface area (Å²) in [6.07, 6.45) is -2.26. The lowest BCUT2D eigenvalue weighted by molar-refractivity contribution is -0.149. The molecule has 1 atom stereocenters. The lowest BCUT2D eigenvalue weighted by Crippen LogP contribution is -2.40. The van der Waals surface area contributed by atoms with Crippen molar-refractivity contribution >= 4 is 15.9 Å². The third-order valence-corrected chi connectivity index (χ3v) is 3.08.